The van der Waals surface area contributed by atoms with Crippen LogP contribution in [-0.4, -0.2) is 23.1 Å². The lowest BCUT2D eigenvalue weighted by molar-refractivity contribution is 0.307. The second kappa shape index (κ2) is 7.07. The van der Waals surface area contributed by atoms with E-state index < -0.39 is 0 Å². The van der Waals surface area contributed by atoms with Crippen LogP contribution in [0.25, 0.3) is 0 Å². The Morgan fingerprint density at radius 1 is 1.32 bits per heavy atom. The van der Waals surface area contributed by atoms with Crippen molar-refractivity contribution in [1.29, 1.82) is 0 Å². The van der Waals surface area contributed by atoms with Crippen molar-refractivity contribution in [3.05, 3.63) is 53.6 Å². The summed E-state index contributed by atoms with van der Waals surface area (Å²) in [6.07, 6.45) is 5.11. The normalized spacial score (nSPS) is 12.1. The molecule has 100 valence electrons. The van der Waals surface area contributed by atoms with Crippen LogP contribution >= 0.6 is 11.6 Å². The zero-order valence-electron chi connectivity index (χ0n) is 10.7. The summed E-state index contributed by atoms with van der Waals surface area (Å²) in [6.45, 7) is 3.30. The van der Waals surface area contributed by atoms with Crippen LogP contribution in [-0.2, 0) is 0 Å². The van der Waals surface area contributed by atoms with Gasteiger partial charge in [-0.1, -0.05) is 23.7 Å². The third-order valence-electron chi connectivity index (χ3n) is 2.67. The maximum Gasteiger partial charge on any atom is 0.137 e. The summed E-state index contributed by atoms with van der Waals surface area (Å²) in [5.41, 5.74) is 0.917. The first-order valence-corrected chi connectivity index (χ1v) is 6.52. The monoisotopic (exact) mass is 277 g/mol. The van der Waals surface area contributed by atoms with E-state index in [-0.39, 0.29) is 6.04 Å². The highest BCUT2D eigenvalue weighted by Crippen LogP contribution is 2.22. The first-order chi connectivity index (χ1) is 9.27. The highest BCUT2D eigenvalue weighted by molar-refractivity contribution is 6.32. The molecule has 0 saturated carbocycles. The summed E-state index contributed by atoms with van der Waals surface area (Å²) in [7, 11) is 0. The minimum absolute atomic E-state index is 0.142. The summed E-state index contributed by atoms with van der Waals surface area (Å²) >= 11 is 6.00. The Hall–Kier alpha value is -1.65. The molecule has 1 atom stereocenters. The van der Waals surface area contributed by atoms with Crippen LogP contribution in [0.1, 0.15) is 18.7 Å². The molecule has 0 radical (unpaired) electrons. The molecule has 1 aromatic heterocycles. The number of halogens is 1. The van der Waals surface area contributed by atoms with Crippen LogP contribution < -0.4 is 10.1 Å². The molecule has 19 heavy (non-hydrogen) atoms. The standard InChI is InChI=1S/C14H16ClN3O/c1-11(13-10-16-6-7-18-13)17-8-9-19-14-5-3-2-4-12(14)15/h2-7,10-11,17H,8-9H2,1H3. The fourth-order valence-corrected chi connectivity index (χ4v) is 1.83. The van der Waals surface area contributed by atoms with Crippen molar-refractivity contribution in [2.45, 2.75) is 13.0 Å². The number of hydrogen-bond acceptors (Lipinski definition) is 4. The number of rotatable bonds is 6. The van der Waals surface area contributed by atoms with Gasteiger partial charge >= 0.3 is 0 Å². The quantitative estimate of drug-likeness (QED) is 0.825. The average molecular weight is 278 g/mol. The number of para-hydroxylation sites is 1. The van der Waals surface area contributed by atoms with Gasteiger partial charge in [0.15, 0.2) is 0 Å². The summed E-state index contributed by atoms with van der Waals surface area (Å²) in [5, 5.41) is 3.95. The molecule has 1 N–H and O–H groups in total. The van der Waals surface area contributed by atoms with Crippen molar-refractivity contribution < 1.29 is 4.74 Å². The molecule has 4 nitrogen and oxygen atoms in total. The van der Waals surface area contributed by atoms with Gasteiger partial charge in [-0.2, -0.15) is 0 Å². The molecule has 1 aromatic carbocycles. The van der Waals surface area contributed by atoms with E-state index >= 15 is 0 Å². The Morgan fingerprint density at radius 2 is 2.16 bits per heavy atom. The van der Waals surface area contributed by atoms with Crippen LogP contribution in [0.4, 0.5) is 0 Å². The van der Waals surface area contributed by atoms with Gasteiger partial charge in [0.25, 0.3) is 0 Å². The van der Waals surface area contributed by atoms with E-state index in [0.29, 0.717) is 23.9 Å². The number of nitrogens with zero attached hydrogens (tertiary/aromatic N) is 2. The van der Waals surface area contributed by atoms with Gasteiger partial charge in [0.1, 0.15) is 12.4 Å². The van der Waals surface area contributed by atoms with Gasteiger partial charge in [-0.05, 0) is 19.1 Å². The lowest BCUT2D eigenvalue weighted by Gasteiger charge is -2.13. The van der Waals surface area contributed by atoms with E-state index in [4.69, 9.17) is 16.3 Å². The topological polar surface area (TPSA) is 47.0 Å². The first-order valence-electron chi connectivity index (χ1n) is 6.14. The SMILES string of the molecule is CC(NCCOc1ccccc1Cl)c1cnccn1. The Morgan fingerprint density at radius 3 is 2.89 bits per heavy atom. The van der Waals surface area contributed by atoms with Gasteiger partial charge in [0.2, 0.25) is 0 Å². The maximum atomic E-state index is 6.00. The molecule has 0 spiro atoms. The highest BCUT2D eigenvalue weighted by atomic mass is 35.5. The third-order valence-corrected chi connectivity index (χ3v) is 2.99. The van der Waals surface area contributed by atoms with Gasteiger partial charge in [0.05, 0.1) is 10.7 Å². The van der Waals surface area contributed by atoms with Crippen LogP contribution in [0.2, 0.25) is 5.02 Å². The minimum Gasteiger partial charge on any atom is -0.491 e. The molecule has 2 rings (SSSR count). The second-order valence-corrected chi connectivity index (χ2v) is 4.49. The Labute approximate surface area is 117 Å². The number of aromatic nitrogens is 2. The summed E-state index contributed by atoms with van der Waals surface area (Å²) in [4.78, 5) is 8.28. The molecule has 5 heteroatoms. The van der Waals surface area contributed by atoms with E-state index in [1.165, 1.54) is 0 Å². The molecule has 0 bridgehead atoms. The van der Waals surface area contributed by atoms with Gasteiger partial charge in [-0.25, -0.2) is 0 Å². The average Bonchev–Trinajstić information content (AvgIpc) is 2.46. The highest BCUT2D eigenvalue weighted by Gasteiger charge is 2.05. The fraction of sp³-hybridized carbons (Fsp3) is 0.286. The zero-order valence-corrected chi connectivity index (χ0v) is 11.5. The van der Waals surface area contributed by atoms with Crippen molar-refractivity contribution in [1.82, 2.24) is 15.3 Å². The minimum atomic E-state index is 0.142. The first kappa shape index (κ1) is 13.8. The molecule has 1 heterocycles. The Balaban J connectivity index is 1.74. The van der Waals surface area contributed by atoms with Gasteiger partial charge in [-0.3, -0.25) is 9.97 Å². The lowest BCUT2D eigenvalue weighted by atomic mass is 10.2. The van der Waals surface area contributed by atoms with E-state index in [1.807, 2.05) is 31.2 Å². The number of ether oxygens (including phenoxy) is 1. The fourth-order valence-electron chi connectivity index (χ4n) is 1.64. The second-order valence-electron chi connectivity index (χ2n) is 4.08. The van der Waals surface area contributed by atoms with Crippen molar-refractivity contribution in [2.24, 2.45) is 0 Å². The molecule has 0 fully saturated rings. The molecule has 0 saturated heterocycles. The number of nitrogens with one attached hydrogen (secondary N) is 1. The molecule has 1 unspecified atom stereocenters. The van der Waals surface area contributed by atoms with Gasteiger partial charge in [0, 0.05) is 31.2 Å². The maximum absolute atomic E-state index is 6.00. The van der Waals surface area contributed by atoms with Gasteiger partial charge < -0.3 is 10.1 Å². The van der Waals surface area contributed by atoms with Crippen LogP contribution in [0, 0.1) is 0 Å². The molecular formula is C14H16ClN3O. The molecule has 0 aliphatic heterocycles. The van der Waals surface area contributed by atoms with Crippen LogP contribution in [0.3, 0.4) is 0 Å². The molecule has 0 aliphatic rings. The van der Waals surface area contributed by atoms with Crippen LogP contribution in [0.15, 0.2) is 42.9 Å². The van der Waals surface area contributed by atoms with Crippen molar-refractivity contribution in [2.75, 3.05) is 13.2 Å². The lowest BCUT2D eigenvalue weighted by Crippen LogP contribution is -2.25. The molecule has 0 amide bonds. The third kappa shape index (κ3) is 4.19. The molecular weight excluding hydrogens is 262 g/mol. The smallest absolute Gasteiger partial charge is 0.137 e. The molecule has 0 aliphatic carbocycles. The number of benzene rings is 1. The molecule has 2 aromatic rings. The van der Waals surface area contributed by atoms with E-state index in [0.717, 1.165) is 5.69 Å². The summed E-state index contributed by atoms with van der Waals surface area (Å²) in [5.74, 6) is 0.707. The summed E-state index contributed by atoms with van der Waals surface area (Å²) in [6, 6.07) is 7.59. The van der Waals surface area contributed by atoms with Crippen LogP contribution in [0.5, 0.6) is 5.75 Å². The van der Waals surface area contributed by atoms with E-state index in [9.17, 15) is 0 Å². The summed E-state index contributed by atoms with van der Waals surface area (Å²) < 4.78 is 5.59. The Bertz CT molecular complexity index is 507. The van der Waals surface area contributed by atoms with Crippen molar-refractivity contribution in [3.8, 4) is 5.75 Å². The predicted molar refractivity (Wildman–Crippen MR) is 75.4 cm³/mol. The predicted octanol–water partition coefficient (Wildman–Crippen LogP) is 2.86. The van der Waals surface area contributed by atoms with Gasteiger partial charge in [-0.15, -0.1) is 0 Å². The van der Waals surface area contributed by atoms with E-state index in [1.54, 1.807) is 18.6 Å². The van der Waals surface area contributed by atoms with Crippen molar-refractivity contribution in [3.63, 3.8) is 0 Å². The Kier molecular flexibility index (Phi) is 5.12. The largest absolute Gasteiger partial charge is 0.491 e. The zero-order chi connectivity index (χ0) is 13.5. The van der Waals surface area contributed by atoms with Crippen molar-refractivity contribution >= 4 is 11.6 Å². The number of hydrogen-bond donors (Lipinski definition) is 1. The van der Waals surface area contributed by atoms with E-state index in [2.05, 4.69) is 15.3 Å².